The molecule has 0 aliphatic heterocycles. The minimum atomic E-state index is -3.90. The van der Waals surface area contributed by atoms with E-state index in [-0.39, 0.29) is 22.9 Å². The summed E-state index contributed by atoms with van der Waals surface area (Å²) in [5.41, 5.74) is 0.832. The zero-order valence-corrected chi connectivity index (χ0v) is 17.6. The summed E-state index contributed by atoms with van der Waals surface area (Å²) in [6, 6.07) is 12.2. The lowest BCUT2D eigenvalue weighted by Crippen LogP contribution is -2.19. The van der Waals surface area contributed by atoms with E-state index in [1.165, 1.54) is 47.7 Å². The molecule has 9 heteroatoms. The third-order valence-electron chi connectivity index (χ3n) is 4.97. The number of fused-ring (bicyclic) bond motifs is 1. The van der Waals surface area contributed by atoms with Gasteiger partial charge in [0.15, 0.2) is 11.6 Å². The Morgan fingerprint density at radius 1 is 1.10 bits per heavy atom. The smallest absolute Gasteiger partial charge is 0.269 e. The highest BCUT2D eigenvalue weighted by Crippen LogP contribution is 2.31. The van der Waals surface area contributed by atoms with Crippen molar-refractivity contribution >= 4 is 26.6 Å². The molecule has 4 aromatic rings. The van der Waals surface area contributed by atoms with Gasteiger partial charge >= 0.3 is 0 Å². The van der Waals surface area contributed by atoms with Crippen LogP contribution in [0.1, 0.15) is 5.56 Å². The molecule has 0 aliphatic rings. The van der Waals surface area contributed by atoms with Crippen LogP contribution in [0.15, 0.2) is 72.0 Å². The van der Waals surface area contributed by atoms with Gasteiger partial charge in [-0.1, -0.05) is 18.2 Å². The molecule has 6 nitrogen and oxygen atoms in total. The summed E-state index contributed by atoms with van der Waals surface area (Å²) in [5, 5.41) is 0.663. The van der Waals surface area contributed by atoms with Crippen molar-refractivity contribution in [2.75, 3.05) is 19.1 Å². The largest absolute Gasteiger partial charge is 0.497 e. The zero-order chi connectivity index (χ0) is 22.2. The number of hydrogen-bond acceptors (Lipinski definition) is 5. The molecule has 0 saturated carbocycles. The Balaban J connectivity index is 1.79. The molecule has 0 N–H and O–H groups in total. The Morgan fingerprint density at radius 3 is 2.45 bits per heavy atom. The van der Waals surface area contributed by atoms with Crippen LogP contribution >= 0.6 is 0 Å². The number of pyridine rings is 1. The number of nitrogens with zero attached hydrogens (tertiary/aromatic N) is 3. The number of aromatic nitrogens is 2. The van der Waals surface area contributed by atoms with Gasteiger partial charge in [-0.15, -0.1) is 0 Å². The predicted octanol–water partition coefficient (Wildman–Crippen LogP) is 4.20. The van der Waals surface area contributed by atoms with Crippen molar-refractivity contribution in [3.05, 3.63) is 84.3 Å². The van der Waals surface area contributed by atoms with Gasteiger partial charge in [0, 0.05) is 49.7 Å². The molecule has 0 atom stereocenters. The van der Waals surface area contributed by atoms with Crippen molar-refractivity contribution in [3.63, 3.8) is 0 Å². The van der Waals surface area contributed by atoms with Crippen molar-refractivity contribution in [1.29, 1.82) is 0 Å². The van der Waals surface area contributed by atoms with E-state index >= 15 is 0 Å². The number of benzene rings is 2. The molecule has 2 aromatic heterocycles. The second kappa shape index (κ2) is 7.99. The van der Waals surface area contributed by atoms with Crippen molar-refractivity contribution in [2.24, 2.45) is 0 Å². The van der Waals surface area contributed by atoms with Gasteiger partial charge in [-0.3, -0.25) is 4.98 Å². The van der Waals surface area contributed by atoms with E-state index < -0.39 is 21.7 Å². The fourth-order valence-electron chi connectivity index (χ4n) is 3.52. The Labute approximate surface area is 178 Å². The van der Waals surface area contributed by atoms with Crippen LogP contribution < -0.4 is 9.64 Å². The minimum absolute atomic E-state index is 0.0444. The summed E-state index contributed by atoms with van der Waals surface area (Å²) in [7, 11) is -1.03. The van der Waals surface area contributed by atoms with Crippen molar-refractivity contribution in [1.82, 2.24) is 8.96 Å². The van der Waals surface area contributed by atoms with Gasteiger partial charge in [0.25, 0.3) is 10.0 Å². The van der Waals surface area contributed by atoms with Gasteiger partial charge in [-0.25, -0.2) is 21.2 Å². The van der Waals surface area contributed by atoms with Gasteiger partial charge in [0.05, 0.1) is 12.6 Å². The van der Waals surface area contributed by atoms with E-state index in [1.807, 2.05) is 0 Å². The molecular formula is C22H19F2N3O3S. The first-order chi connectivity index (χ1) is 14.8. The number of hydrogen-bond donors (Lipinski definition) is 0. The van der Waals surface area contributed by atoms with E-state index in [0.29, 0.717) is 16.5 Å². The maximum atomic E-state index is 14.5. The number of rotatable bonds is 6. The Hall–Kier alpha value is -3.46. The summed E-state index contributed by atoms with van der Waals surface area (Å²) >= 11 is 0. The lowest BCUT2D eigenvalue weighted by molar-refractivity contribution is 0.407. The zero-order valence-electron chi connectivity index (χ0n) is 16.8. The Bertz CT molecular complexity index is 1330. The van der Waals surface area contributed by atoms with Crippen LogP contribution in [0.4, 0.5) is 14.5 Å². The maximum Gasteiger partial charge on any atom is 0.269 e. The molecule has 2 aromatic carbocycles. The summed E-state index contributed by atoms with van der Waals surface area (Å²) in [6.07, 6.45) is 4.24. The third-order valence-corrected chi connectivity index (χ3v) is 6.62. The molecule has 0 aliphatic carbocycles. The average Bonchev–Trinajstić information content (AvgIpc) is 3.13. The minimum Gasteiger partial charge on any atom is -0.497 e. The fourth-order valence-corrected chi connectivity index (χ4v) is 4.87. The van der Waals surface area contributed by atoms with Crippen molar-refractivity contribution in [2.45, 2.75) is 11.4 Å². The van der Waals surface area contributed by atoms with Crippen LogP contribution in [0, 0.1) is 11.6 Å². The molecule has 0 saturated heterocycles. The first-order valence-corrected chi connectivity index (χ1v) is 10.8. The molecule has 31 heavy (non-hydrogen) atoms. The summed E-state index contributed by atoms with van der Waals surface area (Å²) in [5.74, 6) is -1.47. The van der Waals surface area contributed by atoms with Gasteiger partial charge in [-0.2, -0.15) is 0 Å². The lowest BCUT2D eigenvalue weighted by Gasteiger charge is -2.20. The number of ether oxygens (including phenoxy) is 1. The molecule has 2 heterocycles. The van der Waals surface area contributed by atoms with Crippen LogP contribution in [0.25, 0.3) is 10.9 Å². The standard InChI is InChI=1S/C22H19F2N3O3S/c1-26(22-19(23)10-16(30-2)11-20(22)24)13-15-14-27(21-8-4-3-7-18(15)21)31(28,29)17-6-5-9-25-12-17/h3-12,14H,13H2,1-2H3. The maximum absolute atomic E-state index is 14.5. The van der Waals surface area contributed by atoms with Gasteiger partial charge < -0.3 is 9.64 Å². The van der Waals surface area contributed by atoms with Crippen LogP contribution in [0.2, 0.25) is 0 Å². The quantitative estimate of drug-likeness (QED) is 0.447. The van der Waals surface area contributed by atoms with Crippen LogP contribution in [-0.2, 0) is 16.6 Å². The lowest BCUT2D eigenvalue weighted by atomic mass is 10.1. The first kappa shape index (κ1) is 20.8. The van der Waals surface area contributed by atoms with E-state index in [0.717, 1.165) is 12.1 Å². The van der Waals surface area contributed by atoms with Crippen molar-refractivity contribution < 1.29 is 21.9 Å². The van der Waals surface area contributed by atoms with Crippen LogP contribution in [0.5, 0.6) is 5.75 Å². The third kappa shape index (κ3) is 3.72. The number of methoxy groups -OCH3 is 1. The highest BCUT2D eigenvalue weighted by molar-refractivity contribution is 7.90. The highest BCUT2D eigenvalue weighted by Gasteiger charge is 2.23. The van der Waals surface area contributed by atoms with E-state index in [9.17, 15) is 17.2 Å². The summed E-state index contributed by atoms with van der Waals surface area (Å²) in [6.45, 7) is 0.0796. The molecule has 0 spiro atoms. The van der Waals surface area contributed by atoms with E-state index in [1.54, 1.807) is 30.3 Å². The molecule has 0 bridgehead atoms. The van der Waals surface area contributed by atoms with E-state index in [2.05, 4.69) is 4.98 Å². The number of halogens is 2. The normalized spacial score (nSPS) is 11.6. The molecule has 4 rings (SSSR count). The fraction of sp³-hybridized carbons (Fsp3) is 0.136. The first-order valence-electron chi connectivity index (χ1n) is 9.31. The Morgan fingerprint density at radius 2 is 1.81 bits per heavy atom. The molecule has 0 amide bonds. The Kier molecular flexibility index (Phi) is 5.36. The number of anilines is 1. The predicted molar refractivity (Wildman–Crippen MR) is 114 cm³/mol. The van der Waals surface area contributed by atoms with Gasteiger partial charge in [-0.05, 0) is 23.8 Å². The second-order valence-electron chi connectivity index (χ2n) is 6.96. The van der Waals surface area contributed by atoms with Crippen LogP contribution in [0.3, 0.4) is 0 Å². The van der Waals surface area contributed by atoms with Crippen molar-refractivity contribution in [3.8, 4) is 5.75 Å². The topological polar surface area (TPSA) is 64.4 Å². The molecule has 0 fully saturated rings. The molecular weight excluding hydrogens is 424 g/mol. The van der Waals surface area contributed by atoms with Gasteiger partial charge in [0.2, 0.25) is 0 Å². The monoisotopic (exact) mass is 443 g/mol. The molecule has 0 unspecified atom stereocenters. The summed E-state index contributed by atoms with van der Waals surface area (Å²) < 4.78 is 61.4. The van der Waals surface area contributed by atoms with Gasteiger partial charge in [0.1, 0.15) is 16.3 Å². The SMILES string of the molecule is COc1cc(F)c(N(C)Cc2cn(S(=O)(=O)c3cccnc3)c3ccccc23)c(F)c1. The highest BCUT2D eigenvalue weighted by atomic mass is 32.2. The average molecular weight is 443 g/mol. The second-order valence-corrected chi connectivity index (χ2v) is 8.77. The van der Waals surface area contributed by atoms with E-state index in [4.69, 9.17) is 4.74 Å². The summed E-state index contributed by atoms with van der Waals surface area (Å²) in [4.78, 5) is 5.33. The molecule has 0 radical (unpaired) electrons. The number of para-hydroxylation sites is 1. The van der Waals surface area contributed by atoms with Crippen LogP contribution in [-0.4, -0.2) is 31.5 Å². The molecule has 160 valence electrons.